The second-order valence-corrected chi connectivity index (χ2v) is 6.57. The van der Waals surface area contributed by atoms with Crippen LogP contribution in [-0.4, -0.2) is 30.3 Å². The lowest BCUT2D eigenvalue weighted by Crippen LogP contribution is -2.31. The van der Waals surface area contributed by atoms with Crippen LogP contribution in [0.5, 0.6) is 11.5 Å². The molecule has 2 aromatic carbocycles. The van der Waals surface area contributed by atoms with Gasteiger partial charge in [-0.3, -0.25) is 9.59 Å². The van der Waals surface area contributed by atoms with E-state index in [1.54, 1.807) is 36.4 Å². The number of amides is 1. The molecule has 1 aliphatic rings. The highest BCUT2D eigenvalue weighted by molar-refractivity contribution is 6.03. The number of fused-ring (bicyclic) bond motifs is 2. The van der Waals surface area contributed by atoms with Crippen molar-refractivity contribution in [1.29, 1.82) is 0 Å². The number of aromatic amines is 1. The van der Waals surface area contributed by atoms with Crippen LogP contribution >= 0.6 is 0 Å². The summed E-state index contributed by atoms with van der Waals surface area (Å²) in [5, 5.41) is 3.31. The molecule has 0 saturated heterocycles. The first kappa shape index (κ1) is 18.5. The number of rotatable bonds is 5. The molecule has 148 valence electrons. The molecule has 2 N–H and O–H groups in total. The number of H-pyrrole nitrogens is 1. The summed E-state index contributed by atoms with van der Waals surface area (Å²) in [5.74, 6) is 0.0818. The summed E-state index contributed by atoms with van der Waals surface area (Å²) < 4.78 is 15.7. The number of aromatic nitrogens is 1. The Kier molecular flexibility index (Phi) is 4.90. The molecule has 1 aliphatic heterocycles. The van der Waals surface area contributed by atoms with Crippen LogP contribution in [0.4, 0.5) is 0 Å². The lowest BCUT2D eigenvalue weighted by molar-refractivity contribution is -0.124. The standard InChI is InChI=1S/C21H18N2O6/c1-12(13-6-7-17-18(8-13)29-11-28-17)22-20(25)10-27-21(26)15-9-19(24)23-16-5-3-2-4-14(15)16/h2-9,12H,10-11H2,1H3,(H,22,25)(H,23,24)/t12-/m0/s1. The minimum atomic E-state index is -0.738. The average Bonchev–Trinajstić information content (AvgIpc) is 3.19. The van der Waals surface area contributed by atoms with Gasteiger partial charge in [-0.2, -0.15) is 0 Å². The van der Waals surface area contributed by atoms with Gasteiger partial charge < -0.3 is 24.5 Å². The van der Waals surface area contributed by atoms with Crippen LogP contribution in [0.3, 0.4) is 0 Å². The average molecular weight is 394 g/mol. The first-order chi connectivity index (χ1) is 14.0. The molecular weight excluding hydrogens is 376 g/mol. The zero-order valence-electron chi connectivity index (χ0n) is 15.6. The molecule has 1 amide bonds. The predicted octanol–water partition coefficient (Wildman–Crippen LogP) is 2.29. The van der Waals surface area contributed by atoms with E-state index < -0.39 is 24.0 Å². The highest BCUT2D eigenvalue weighted by atomic mass is 16.7. The van der Waals surface area contributed by atoms with Crippen LogP contribution in [0, 0.1) is 0 Å². The number of hydrogen-bond acceptors (Lipinski definition) is 6. The summed E-state index contributed by atoms with van der Waals surface area (Å²) in [7, 11) is 0. The van der Waals surface area contributed by atoms with Gasteiger partial charge in [-0.15, -0.1) is 0 Å². The van der Waals surface area contributed by atoms with Crippen molar-refractivity contribution in [2.24, 2.45) is 0 Å². The number of para-hydroxylation sites is 1. The lowest BCUT2D eigenvalue weighted by Gasteiger charge is -2.15. The van der Waals surface area contributed by atoms with Crippen LogP contribution in [-0.2, 0) is 9.53 Å². The summed E-state index contributed by atoms with van der Waals surface area (Å²) in [4.78, 5) is 39.0. The van der Waals surface area contributed by atoms with Crippen molar-refractivity contribution < 1.29 is 23.8 Å². The molecule has 0 radical (unpaired) electrons. The number of carbonyl (C=O) groups excluding carboxylic acids is 2. The van der Waals surface area contributed by atoms with Crippen LogP contribution in [0.2, 0.25) is 0 Å². The zero-order chi connectivity index (χ0) is 20.4. The van der Waals surface area contributed by atoms with E-state index in [1.165, 1.54) is 0 Å². The highest BCUT2D eigenvalue weighted by Gasteiger charge is 2.18. The number of nitrogens with one attached hydrogen (secondary N) is 2. The molecule has 3 aromatic rings. The van der Waals surface area contributed by atoms with E-state index in [1.807, 2.05) is 13.0 Å². The fourth-order valence-electron chi connectivity index (χ4n) is 3.13. The molecule has 1 aromatic heterocycles. The molecule has 8 heteroatoms. The second-order valence-electron chi connectivity index (χ2n) is 6.57. The fourth-order valence-corrected chi connectivity index (χ4v) is 3.13. The number of benzene rings is 2. The van der Waals surface area contributed by atoms with Crippen LogP contribution < -0.4 is 20.3 Å². The van der Waals surface area contributed by atoms with Crippen molar-refractivity contribution in [3.8, 4) is 11.5 Å². The Morgan fingerprint density at radius 1 is 1.14 bits per heavy atom. The molecule has 0 spiro atoms. The molecule has 0 aliphatic carbocycles. The Bertz CT molecular complexity index is 1150. The van der Waals surface area contributed by atoms with Gasteiger partial charge in [0.2, 0.25) is 12.4 Å². The summed E-state index contributed by atoms with van der Waals surface area (Å²) in [5.41, 5.74) is 1.04. The molecule has 4 rings (SSSR count). The Morgan fingerprint density at radius 2 is 1.93 bits per heavy atom. The molecule has 1 atom stereocenters. The van der Waals surface area contributed by atoms with Crippen molar-refractivity contribution >= 4 is 22.8 Å². The number of hydrogen-bond donors (Lipinski definition) is 2. The van der Waals surface area contributed by atoms with Gasteiger partial charge in [0.05, 0.1) is 11.6 Å². The Morgan fingerprint density at radius 3 is 2.79 bits per heavy atom. The van der Waals surface area contributed by atoms with Gasteiger partial charge in [0.25, 0.3) is 5.91 Å². The zero-order valence-corrected chi connectivity index (χ0v) is 15.6. The van der Waals surface area contributed by atoms with Gasteiger partial charge >= 0.3 is 5.97 Å². The topological polar surface area (TPSA) is 107 Å². The Hall–Kier alpha value is -3.81. The first-order valence-electron chi connectivity index (χ1n) is 8.99. The third kappa shape index (κ3) is 3.91. The van der Waals surface area contributed by atoms with E-state index in [2.05, 4.69) is 10.3 Å². The molecule has 2 heterocycles. The van der Waals surface area contributed by atoms with Crippen molar-refractivity contribution in [1.82, 2.24) is 10.3 Å². The highest BCUT2D eigenvalue weighted by Crippen LogP contribution is 2.34. The third-order valence-corrected chi connectivity index (χ3v) is 4.58. The van der Waals surface area contributed by atoms with Gasteiger partial charge in [0.1, 0.15) is 0 Å². The van der Waals surface area contributed by atoms with Gasteiger partial charge in [0.15, 0.2) is 18.1 Å². The maximum absolute atomic E-state index is 12.4. The summed E-state index contributed by atoms with van der Waals surface area (Å²) >= 11 is 0. The first-order valence-corrected chi connectivity index (χ1v) is 8.99. The van der Waals surface area contributed by atoms with Crippen LogP contribution in [0.15, 0.2) is 53.3 Å². The van der Waals surface area contributed by atoms with Gasteiger partial charge in [-0.1, -0.05) is 24.3 Å². The molecule has 0 bridgehead atoms. The molecule has 0 saturated carbocycles. The summed E-state index contributed by atoms with van der Waals surface area (Å²) in [6.07, 6.45) is 0. The second kappa shape index (κ2) is 7.67. The Labute approximate surface area is 165 Å². The minimum Gasteiger partial charge on any atom is -0.454 e. The number of ether oxygens (including phenoxy) is 3. The molecular formula is C21H18N2O6. The van der Waals surface area contributed by atoms with E-state index in [4.69, 9.17) is 14.2 Å². The summed E-state index contributed by atoms with van der Waals surface area (Å²) in [6.45, 7) is 1.52. The van der Waals surface area contributed by atoms with E-state index >= 15 is 0 Å². The van der Waals surface area contributed by atoms with E-state index in [-0.39, 0.29) is 18.4 Å². The third-order valence-electron chi connectivity index (χ3n) is 4.58. The maximum atomic E-state index is 12.4. The SMILES string of the molecule is C[C@H](NC(=O)COC(=O)c1cc(=O)[nH]c2ccccc12)c1ccc2c(c1)OCO2. The number of pyridine rings is 1. The van der Waals surface area contributed by atoms with Crippen molar-refractivity contribution in [3.05, 3.63) is 70.0 Å². The summed E-state index contributed by atoms with van der Waals surface area (Å²) in [6, 6.07) is 13.1. The normalized spacial score (nSPS) is 13.1. The maximum Gasteiger partial charge on any atom is 0.339 e. The predicted molar refractivity (Wildman–Crippen MR) is 104 cm³/mol. The molecule has 8 nitrogen and oxygen atoms in total. The van der Waals surface area contributed by atoms with E-state index in [0.717, 1.165) is 11.6 Å². The molecule has 0 fully saturated rings. The fraction of sp³-hybridized carbons (Fsp3) is 0.190. The smallest absolute Gasteiger partial charge is 0.339 e. The van der Waals surface area contributed by atoms with E-state index in [0.29, 0.717) is 22.4 Å². The molecule has 0 unspecified atom stereocenters. The number of esters is 1. The van der Waals surface area contributed by atoms with Crippen LogP contribution in [0.1, 0.15) is 28.9 Å². The minimum absolute atomic E-state index is 0.112. The van der Waals surface area contributed by atoms with Crippen molar-refractivity contribution in [2.45, 2.75) is 13.0 Å². The van der Waals surface area contributed by atoms with Crippen LogP contribution in [0.25, 0.3) is 10.9 Å². The monoisotopic (exact) mass is 394 g/mol. The Balaban J connectivity index is 1.40. The number of carbonyl (C=O) groups is 2. The largest absolute Gasteiger partial charge is 0.454 e. The van der Waals surface area contributed by atoms with Gasteiger partial charge in [-0.05, 0) is 30.7 Å². The van der Waals surface area contributed by atoms with Gasteiger partial charge in [-0.25, -0.2) is 4.79 Å². The van der Waals surface area contributed by atoms with Crippen molar-refractivity contribution in [2.75, 3.05) is 13.4 Å². The van der Waals surface area contributed by atoms with E-state index in [9.17, 15) is 14.4 Å². The van der Waals surface area contributed by atoms with Gasteiger partial charge in [0, 0.05) is 17.0 Å². The lowest BCUT2D eigenvalue weighted by atomic mass is 10.1. The van der Waals surface area contributed by atoms with Crippen molar-refractivity contribution in [3.63, 3.8) is 0 Å². The quantitative estimate of drug-likeness (QED) is 0.643. The molecule has 29 heavy (non-hydrogen) atoms.